The standard InChI is InChI=1S/C18H28N2O3/c1-12(2)20(11-13(3)21)17(22)19-15-10-18(4,5)23-16-9-7-6-8-14(15)16/h6-9,12-13,15,21H,10-11H2,1-5H3,(H,19,22). The molecular formula is C18H28N2O3. The first kappa shape index (κ1) is 17.6. The van der Waals surface area contributed by atoms with Crippen molar-refractivity contribution in [2.75, 3.05) is 6.54 Å². The van der Waals surface area contributed by atoms with Crippen LogP contribution >= 0.6 is 0 Å². The molecule has 2 rings (SSSR count). The van der Waals surface area contributed by atoms with Gasteiger partial charge in [-0.2, -0.15) is 0 Å². The second kappa shape index (κ2) is 6.79. The van der Waals surface area contributed by atoms with Crippen LogP contribution in [0.1, 0.15) is 52.6 Å². The average Bonchev–Trinajstić information content (AvgIpc) is 2.42. The van der Waals surface area contributed by atoms with E-state index in [2.05, 4.69) is 5.32 Å². The molecule has 1 aliphatic rings. The number of urea groups is 1. The van der Waals surface area contributed by atoms with Gasteiger partial charge >= 0.3 is 6.03 Å². The molecule has 0 fully saturated rings. The van der Waals surface area contributed by atoms with E-state index in [0.29, 0.717) is 13.0 Å². The van der Waals surface area contributed by atoms with E-state index in [9.17, 15) is 9.90 Å². The molecule has 0 saturated heterocycles. The summed E-state index contributed by atoms with van der Waals surface area (Å²) in [5, 5.41) is 12.7. The molecule has 2 N–H and O–H groups in total. The molecule has 0 saturated carbocycles. The highest BCUT2D eigenvalue weighted by Gasteiger charge is 2.35. The van der Waals surface area contributed by atoms with Crippen LogP contribution in [-0.2, 0) is 0 Å². The first-order valence-electron chi connectivity index (χ1n) is 8.23. The summed E-state index contributed by atoms with van der Waals surface area (Å²) in [6.07, 6.45) is 0.151. The van der Waals surface area contributed by atoms with Crippen LogP contribution in [0.25, 0.3) is 0 Å². The SMILES string of the molecule is CC(O)CN(C(=O)NC1CC(C)(C)Oc2ccccc21)C(C)C. The second-order valence-corrected chi connectivity index (χ2v) is 7.20. The van der Waals surface area contributed by atoms with Crippen LogP contribution in [0.4, 0.5) is 4.79 Å². The normalized spacial score (nSPS) is 20.4. The fourth-order valence-corrected chi connectivity index (χ4v) is 2.98. The van der Waals surface area contributed by atoms with Gasteiger partial charge < -0.3 is 20.1 Å². The van der Waals surface area contributed by atoms with Crippen molar-refractivity contribution in [1.82, 2.24) is 10.2 Å². The molecule has 2 atom stereocenters. The summed E-state index contributed by atoms with van der Waals surface area (Å²) >= 11 is 0. The molecule has 0 aliphatic carbocycles. The lowest BCUT2D eigenvalue weighted by atomic mass is 9.90. The summed E-state index contributed by atoms with van der Waals surface area (Å²) < 4.78 is 6.00. The highest BCUT2D eigenvalue weighted by Crippen LogP contribution is 2.39. The summed E-state index contributed by atoms with van der Waals surface area (Å²) in [6, 6.07) is 7.58. The number of rotatable bonds is 4. The number of benzene rings is 1. The predicted molar refractivity (Wildman–Crippen MR) is 90.6 cm³/mol. The quantitative estimate of drug-likeness (QED) is 0.896. The van der Waals surface area contributed by atoms with Gasteiger partial charge in [0.2, 0.25) is 0 Å². The third-order valence-electron chi connectivity index (χ3n) is 4.02. The Balaban J connectivity index is 2.19. The van der Waals surface area contributed by atoms with Crippen molar-refractivity contribution in [3.63, 3.8) is 0 Å². The van der Waals surface area contributed by atoms with E-state index in [1.165, 1.54) is 0 Å². The Kier molecular flexibility index (Phi) is 5.19. The van der Waals surface area contributed by atoms with Crippen LogP contribution < -0.4 is 10.1 Å². The summed E-state index contributed by atoms with van der Waals surface area (Å²) in [5.41, 5.74) is 0.667. The summed E-state index contributed by atoms with van der Waals surface area (Å²) in [5.74, 6) is 0.820. The Morgan fingerprint density at radius 2 is 2.04 bits per heavy atom. The van der Waals surface area contributed by atoms with Crippen LogP contribution in [0.5, 0.6) is 5.75 Å². The number of hydrogen-bond acceptors (Lipinski definition) is 3. The van der Waals surface area contributed by atoms with Crippen LogP contribution in [0.3, 0.4) is 0 Å². The number of ether oxygens (including phenoxy) is 1. The zero-order valence-corrected chi connectivity index (χ0v) is 14.7. The van der Waals surface area contributed by atoms with Gasteiger partial charge in [0.25, 0.3) is 0 Å². The van der Waals surface area contributed by atoms with Crippen LogP contribution in [-0.4, -0.2) is 40.3 Å². The molecule has 5 heteroatoms. The molecule has 0 aromatic heterocycles. The molecule has 1 aliphatic heterocycles. The highest BCUT2D eigenvalue weighted by molar-refractivity contribution is 5.75. The van der Waals surface area contributed by atoms with Crippen molar-refractivity contribution in [3.05, 3.63) is 29.8 Å². The summed E-state index contributed by atoms with van der Waals surface area (Å²) in [6.45, 7) is 9.96. The average molecular weight is 320 g/mol. The van der Waals surface area contributed by atoms with Crippen LogP contribution in [0.15, 0.2) is 24.3 Å². The maximum Gasteiger partial charge on any atom is 0.318 e. The maximum absolute atomic E-state index is 12.7. The monoisotopic (exact) mass is 320 g/mol. The number of amides is 2. The molecule has 0 bridgehead atoms. The Hall–Kier alpha value is -1.75. The fourth-order valence-electron chi connectivity index (χ4n) is 2.98. The van der Waals surface area contributed by atoms with Gasteiger partial charge in [0.15, 0.2) is 0 Å². The molecule has 1 aromatic carbocycles. The van der Waals surface area contributed by atoms with Gasteiger partial charge in [0.05, 0.1) is 12.1 Å². The van der Waals surface area contributed by atoms with Gasteiger partial charge in [-0.1, -0.05) is 18.2 Å². The van der Waals surface area contributed by atoms with Gasteiger partial charge in [0, 0.05) is 24.6 Å². The largest absolute Gasteiger partial charge is 0.487 e. The predicted octanol–water partition coefficient (Wildman–Crippen LogP) is 3.09. The van der Waals surface area contributed by atoms with Gasteiger partial charge in [-0.05, 0) is 40.7 Å². The van der Waals surface area contributed by atoms with Gasteiger partial charge in [0.1, 0.15) is 11.4 Å². The van der Waals surface area contributed by atoms with E-state index in [1.807, 2.05) is 52.0 Å². The zero-order valence-electron chi connectivity index (χ0n) is 14.7. The van der Waals surface area contributed by atoms with Crippen molar-refractivity contribution < 1.29 is 14.6 Å². The van der Waals surface area contributed by atoms with Crippen molar-refractivity contribution in [3.8, 4) is 5.75 Å². The topological polar surface area (TPSA) is 61.8 Å². The van der Waals surface area contributed by atoms with E-state index >= 15 is 0 Å². The zero-order chi connectivity index (χ0) is 17.2. The number of carbonyl (C=O) groups excluding carboxylic acids is 1. The Labute approximate surface area is 138 Å². The van der Waals surface area contributed by atoms with E-state index in [4.69, 9.17) is 4.74 Å². The van der Waals surface area contributed by atoms with E-state index in [1.54, 1.807) is 11.8 Å². The number of hydrogen-bond donors (Lipinski definition) is 2. The number of aliphatic hydroxyl groups is 1. The van der Waals surface area contributed by atoms with E-state index < -0.39 is 6.10 Å². The summed E-state index contributed by atoms with van der Waals surface area (Å²) in [4.78, 5) is 14.3. The van der Waals surface area contributed by atoms with Crippen LogP contribution in [0, 0.1) is 0 Å². The first-order valence-corrected chi connectivity index (χ1v) is 8.23. The van der Waals surface area contributed by atoms with Gasteiger partial charge in [-0.3, -0.25) is 0 Å². The third kappa shape index (κ3) is 4.38. The summed E-state index contributed by atoms with van der Waals surface area (Å²) in [7, 11) is 0. The minimum Gasteiger partial charge on any atom is -0.487 e. The number of carbonyl (C=O) groups is 1. The number of nitrogens with one attached hydrogen (secondary N) is 1. The number of para-hydroxylation sites is 1. The molecule has 23 heavy (non-hydrogen) atoms. The van der Waals surface area contributed by atoms with Gasteiger partial charge in [-0.25, -0.2) is 4.79 Å². The molecule has 5 nitrogen and oxygen atoms in total. The smallest absolute Gasteiger partial charge is 0.318 e. The Morgan fingerprint density at radius 3 is 2.65 bits per heavy atom. The lowest BCUT2D eigenvalue weighted by molar-refractivity contribution is 0.0643. The first-order chi connectivity index (χ1) is 10.7. The Morgan fingerprint density at radius 1 is 1.39 bits per heavy atom. The minimum absolute atomic E-state index is 0.0210. The molecule has 128 valence electrons. The highest BCUT2D eigenvalue weighted by atomic mass is 16.5. The van der Waals surface area contributed by atoms with Crippen molar-refractivity contribution in [2.24, 2.45) is 0 Å². The molecule has 1 heterocycles. The van der Waals surface area contributed by atoms with E-state index in [0.717, 1.165) is 11.3 Å². The number of fused-ring (bicyclic) bond motifs is 1. The van der Waals surface area contributed by atoms with Crippen molar-refractivity contribution >= 4 is 6.03 Å². The van der Waals surface area contributed by atoms with E-state index in [-0.39, 0.29) is 23.7 Å². The van der Waals surface area contributed by atoms with Crippen molar-refractivity contribution in [2.45, 2.75) is 64.8 Å². The molecule has 2 unspecified atom stereocenters. The fraction of sp³-hybridized carbons (Fsp3) is 0.611. The van der Waals surface area contributed by atoms with Crippen molar-refractivity contribution in [1.29, 1.82) is 0 Å². The third-order valence-corrected chi connectivity index (χ3v) is 4.02. The maximum atomic E-state index is 12.7. The lowest BCUT2D eigenvalue weighted by Crippen LogP contribution is -2.50. The molecule has 0 radical (unpaired) electrons. The molecule has 0 spiro atoms. The molecule has 1 aromatic rings. The molecule has 2 amide bonds. The van der Waals surface area contributed by atoms with Gasteiger partial charge in [-0.15, -0.1) is 0 Å². The number of aliphatic hydroxyl groups excluding tert-OH is 1. The van der Waals surface area contributed by atoms with Crippen LogP contribution in [0.2, 0.25) is 0 Å². The minimum atomic E-state index is -0.554. The lowest BCUT2D eigenvalue weighted by Gasteiger charge is -2.39. The Bertz CT molecular complexity index is 555. The second-order valence-electron chi connectivity index (χ2n) is 7.20. The molecular weight excluding hydrogens is 292 g/mol. The number of nitrogens with zero attached hydrogens (tertiary/aromatic N) is 1.